The molecule has 3 atom stereocenters. The summed E-state index contributed by atoms with van der Waals surface area (Å²) in [4.78, 5) is 41.7. The number of alkyl halides is 6. The number of rotatable bonds is 8. The molecule has 3 aromatic rings. The summed E-state index contributed by atoms with van der Waals surface area (Å²) in [5, 5.41) is 3.04. The Balaban J connectivity index is 0.00000552. The number of halogens is 7. The average molecular weight is 657 g/mol. The fraction of sp³-hybridized carbons (Fsp3) is 0.344. The van der Waals surface area contributed by atoms with Crippen LogP contribution in [0.1, 0.15) is 48.5 Å². The topological polar surface area (TPSA) is 75.7 Å². The highest BCUT2D eigenvalue weighted by atomic mass is 35.5. The number of carbonyl (C=O) groups excluding carboxylic acids is 3. The molecule has 0 spiro atoms. The van der Waals surface area contributed by atoms with Crippen molar-refractivity contribution in [2.24, 2.45) is 0 Å². The Labute approximate surface area is 262 Å². The molecule has 13 heteroatoms. The molecule has 0 saturated carbocycles. The lowest BCUT2D eigenvalue weighted by Gasteiger charge is -2.45. The largest absolute Gasteiger partial charge is 0.468 e. The molecule has 6 nitrogen and oxygen atoms in total. The van der Waals surface area contributed by atoms with Gasteiger partial charge in [-0.15, -0.1) is 12.4 Å². The SMILES string of the molecule is COC(=O)CN1C(C(=O)c2ccccc2C(F)(F)F)CNC(Cc2ccc(C)c(C)c2)C1C(=O)c1ccccc1C(F)(F)F.Cl. The van der Waals surface area contributed by atoms with E-state index in [0.717, 1.165) is 65.1 Å². The number of methoxy groups -OCH3 is 1. The van der Waals surface area contributed by atoms with Crippen molar-refractivity contribution in [1.82, 2.24) is 10.2 Å². The molecule has 242 valence electrons. The molecule has 1 heterocycles. The standard InChI is InChI=1S/C32H30F6N2O4.ClH/c1-18-12-13-20(14-19(18)2)15-25-28(30(43)22-9-5-7-11-24(22)32(36,37)38)40(17-27(41)44-3)26(16-39-25)29(42)21-8-4-6-10-23(21)31(33,34)35;/h4-14,25-26,28,39H,15-17H2,1-3H3;1H. The Hall–Kier alpha value is -3.74. The number of carbonyl (C=O) groups is 3. The van der Waals surface area contributed by atoms with Gasteiger partial charge in [0.15, 0.2) is 11.6 Å². The van der Waals surface area contributed by atoms with Gasteiger partial charge >= 0.3 is 18.3 Å². The number of hydrogen-bond donors (Lipinski definition) is 1. The van der Waals surface area contributed by atoms with Crippen molar-refractivity contribution >= 4 is 29.9 Å². The first-order chi connectivity index (χ1) is 20.6. The van der Waals surface area contributed by atoms with Gasteiger partial charge in [-0.25, -0.2) is 0 Å². The molecule has 0 aliphatic carbocycles. The van der Waals surface area contributed by atoms with E-state index in [1.54, 1.807) is 6.07 Å². The Bertz CT molecular complexity index is 1560. The lowest BCUT2D eigenvalue weighted by atomic mass is 9.84. The molecule has 1 saturated heterocycles. The normalized spacial score (nSPS) is 19.0. The molecule has 0 amide bonds. The lowest BCUT2D eigenvalue weighted by molar-refractivity contribution is -0.143. The first-order valence-electron chi connectivity index (χ1n) is 13.7. The van der Waals surface area contributed by atoms with Crippen LogP contribution in [0, 0.1) is 13.8 Å². The molecular formula is C32H31ClF6N2O4. The highest BCUT2D eigenvalue weighted by molar-refractivity contribution is 6.05. The van der Waals surface area contributed by atoms with E-state index in [1.165, 1.54) is 12.1 Å². The van der Waals surface area contributed by atoms with Gasteiger partial charge in [-0.05, 0) is 49.1 Å². The lowest BCUT2D eigenvalue weighted by Crippen LogP contribution is -2.68. The number of aryl methyl sites for hydroxylation is 2. The number of Topliss-reactive ketones (excluding diaryl/α,β-unsaturated/α-hetero) is 2. The zero-order chi connectivity index (χ0) is 32.4. The van der Waals surface area contributed by atoms with E-state index >= 15 is 0 Å². The molecule has 1 N–H and O–H groups in total. The monoisotopic (exact) mass is 656 g/mol. The van der Waals surface area contributed by atoms with E-state index in [0.29, 0.717) is 0 Å². The molecule has 3 unspecified atom stereocenters. The van der Waals surface area contributed by atoms with Gasteiger partial charge in [0.05, 0.1) is 36.9 Å². The highest BCUT2D eigenvalue weighted by Gasteiger charge is 2.48. The second kappa shape index (κ2) is 14.1. The van der Waals surface area contributed by atoms with Crippen molar-refractivity contribution in [2.45, 2.75) is 50.7 Å². The number of ether oxygens (including phenoxy) is 1. The third-order valence-electron chi connectivity index (χ3n) is 7.85. The van der Waals surface area contributed by atoms with E-state index in [9.17, 15) is 40.7 Å². The first kappa shape index (κ1) is 35.7. The summed E-state index contributed by atoms with van der Waals surface area (Å²) in [6.45, 7) is 2.73. The zero-order valence-corrected chi connectivity index (χ0v) is 25.3. The maximum absolute atomic E-state index is 14.2. The molecule has 4 rings (SSSR count). The average Bonchev–Trinajstić information content (AvgIpc) is 2.97. The number of nitrogens with zero attached hydrogens (tertiary/aromatic N) is 1. The molecule has 45 heavy (non-hydrogen) atoms. The van der Waals surface area contributed by atoms with Crippen LogP contribution >= 0.6 is 12.4 Å². The van der Waals surface area contributed by atoms with Crippen molar-refractivity contribution in [2.75, 3.05) is 20.2 Å². The minimum Gasteiger partial charge on any atom is -0.468 e. The number of ketones is 2. The molecule has 0 radical (unpaired) electrons. The molecule has 1 aliphatic rings. The smallest absolute Gasteiger partial charge is 0.417 e. The van der Waals surface area contributed by atoms with Gasteiger partial charge in [-0.2, -0.15) is 26.3 Å². The number of benzene rings is 3. The number of piperazine rings is 1. The third kappa shape index (κ3) is 7.92. The van der Waals surface area contributed by atoms with Gasteiger partial charge in [0.25, 0.3) is 0 Å². The van der Waals surface area contributed by atoms with E-state index in [4.69, 9.17) is 4.74 Å². The predicted octanol–water partition coefficient (Wildman–Crippen LogP) is 6.26. The van der Waals surface area contributed by atoms with Crippen LogP contribution in [-0.4, -0.2) is 60.8 Å². The second-order valence-corrected chi connectivity index (χ2v) is 10.7. The zero-order valence-electron chi connectivity index (χ0n) is 24.5. The van der Waals surface area contributed by atoms with Crippen LogP contribution in [-0.2, 0) is 28.3 Å². The Morgan fingerprint density at radius 1 is 0.822 bits per heavy atom. The summed E-state index contributed by atoms with van der Waals surface area (Å²) in [6.07, 6.45) is -9.70. The van der Waals surface area contributed by atoms with Gasteiger partial charge in [0.1, 0.15) is 0 Å². The van der Waals surface area contributed by atoms with Crippen LogP contribution in [0.25, 0.3) is 0 Å². The van der Waals surface area contributed by atoms with Crippen molar-refractivity contribution in [3.63, 3.8) is 0 Å². The first-order valence-corrected chi connectivity index (χ1v) is 13.7. The molecule has 1 fully saturated rings. The second-order valence-electron chi connectivity index (χ2n) is 10.7. The van der Waals surface area contributed by atoms with Crippen molar-refractivity contribution < 1.29 is 45.5 Å². The van der Waals surface area contributed by atoms with E-state index in [1.807, 2.05) is 26.0 Å². The van der Waals surface area contributed by atoms with Crippen LogP contribution in [0.15, 0.2) is 66.7 Å². The van der Waals surface area contributed by atoms with Gasteiger partial charge in [0.2, 0.25) is 0 Å². The molecule has 0 bridgehead atoms. The summed E-state index contributed by atoms with van der Waals surface area (Å²) in [5.74, 6) is -3.04. The van der Waals surface area contributed by atoms with Gasteiger partial charge in [-0.3, -0.25) is 19.3 Å². The van der Waals surface area contributed by atoms with Crippen molar-refractivity contribution in [3.8, 4) is 0 Å². The Morgan fingerprint density at radius 3 is 1.87 bits per heavy atom. The third-order valence-corrected chi connectivity index (χ3v) is 7.85. The summed E-state index contributed by atoms with van der Waals surface area (Å²) < 4.78 is 88.5. The predicted molar refractivity (Wildman–Crippen MR) is 157 cm³/mol. The molecular weight excluding hydrogens is 626 g/mol. The van der Waals surface area contributed by atoms with E-state index in [2.05, 4.69) is 5.32 Å². The summed E-state index contributed by atoms with van der Waals surface area (Å²) in [6, 6.07) is 9.65. The maximum atomic E-state index is 14.2. The van der Waals surface area contributed by atoms with Crippen molar-refractivity contribution in [1.29, 1.82) is 0 Å². The molecule has 0 aromatic heterocycles. The molecule has 3 aromatic carbocycles. The fourth-order valence-corrected chi connectivity index (χ4v) is 5.51. The van der Waals surface area contributed by atoms with E-state index < -0.39 is 76.8 Å². The maximum Gasteiger partial charge on any atom is 0.417 e. The van der Waals surface area contributed by atoms with E-state index in [-0.39, 0.29) is 25.4 Å². The Morgan fingerprint density at radius 2 is 1.36 bits per heavy atom. The summed E-state index contributed by atoms with van der Waals surface area (Å²) in [5.41, 5.74) is -1.20. The fourth-order valence-electron chi connectivity index (χ4n) is 5.51. The minimum absolute atomic E-state index is 0. The van der Waals surface area contributed by atoms with Crippen LogP contribution in [0.3, 0.4) is 0 Å². The number of esters is 1. The van der Waals surface area contributed by atoms with Crippen LogP contribution in [0.5, 0.6) is 0 Å². The van der Waals surface area contributed by atoms with Gasteiger partial charge in [-0.1, -0.05) is 54.6 Å². The van der Waals surface area contributed by atoms with Gasteiger partial charge < -0.3 is 10.1 Å². The van der Waals surface area contributed by atoms with Crippen LogP contribution < -0.4 is 5.32 Å². The van der Waals surface area contributed by atoms with Crippen molar-refractivity contribution in [3.05, 3.63) is 106 Å². The Kier molecular flexibility index (Phi) is 11.2. The highest BCUT2D eigenvalue weighted by Crippen LogP contribution is 2.36. The van der Waals surface area contributed by atoms with Crippen LogP contribution in [0.2, 0.25) is 0 Å². The number of nitrogens with one attached hydrogen (secondary N) is 1. The summed E-state index contributed by atoms with van der Waals surface area (Å²) >= 11 is 0. The summed E-state index contributed by atoms with van der Waals surface area (Å²) in [7, 11) is 1.04. The number of hydrogen-bond acceptors (Lipinski definition) is 6. The quantitative estimate of drug-likeness (QED) is 0.175. The molecule has 1 aliphatic heterocycles. The van der Waals surface area contributed by atoms with Gasteiger partial charge in [0, 0.05) is 23.7 Å². The van der Waals surface area contributed by atoms with Crippen LogP contribution in [0.4, 0.5) is 26.3 Å². The minimum atomic E-state index is -4.91.